The topological polar surface area (TPSA) is 37.8 Å². The third kappa shape index (κ3) is 1.86. The second-order valence-electron chi connectivity index (χ2n) is 3.94. The Hall–Kier alpha value is -1.26. The van der Waals surface area contributed by atoms with E-state index in [1.54, 1.807) is 11.3 Å². The molecule has 1 atom stereocenters. The van der Waals surface area contributed by atoms with Crippen LogP contribution in [-0.2, 0) is 0 Å². The molecule has 0 aromatic carbocycles. The highest BCUT2D eigenvalue weighted by atomic mass is 32.1. The van der Waals surface area contributed by atoms with Gasteiger partial charge in [0, 0.05) is 11.6 Å². The molecule has 0 radical (unpaired) electrons. The summed E-state index contributed by atoms with van der Waals surface area (Å²) in [5.41, 5.74) is 2.14. The number of rotatable bonds is 2. The molecule has 0 saturated carbocycles. The molecule has 16 heavy (non-hydrogen) atoms. The van der Waals surface area contributed by atoms with Crippen molar-refractivity contribution in [1.29, 1.82) is 0 Å². The van der Waals surface area contributed by atoms with Crippen LogP contribution in [0.25, 0.3) is 10.7 Å². The van der Waals surface area contributed by atoms with Crippen molar-refractivity contribution in [1.82, 2.24) is 15.3 Å². The number of hydrogen-bond acceptors (Lipinski definition) is 4. The van der Waals surface area contributed by atoms with E-state index in [2.05, 4.69) is 20.7 Å². The van der Waals surface area contributed by atoms with Gasteiger partial charge >= 0.3 is 0 Å². The second kappa shape index (κ2) is 4.31. The molecule has 1 N–H and O–H groups in total. The van der Waals surface area contributed by atoms with Crippen LogP contribution in [0.3, 0.4) is 0 Å². The Balaban J connectivity index is 1.87. The largest absolute Gasteiger partial charge is 0.309 e. The van der Waals surface area contributed by atoms with Crippen molar-refractivity contribution in [2.24, 2.45) is 0 Å². The van der Waals surface area contributed by atoms with Gasteiger partial charge in [-0.05, 0) is 31.5 Å². The zero-order valence-corrected chi connectivity index (χ0v) is 9.70. The van der Waals surface area contributed by atoms with Crippen LogP contribution in [0.15, 0.2) is 29.8 Å². The highest BCUT2D eigenvalue weighted by Crippen LogP contribution is 2.28. The number of hydrogen-bond donors (Lipinski definition) is 1. The average Bonchev–Trinajstić information content (AvgIpc) is 3.01. The number of aromatic nitrogens is 2. The molecule has 4 heteroatoms. The van der Waals surface area contributed by atoms with Gasteiger partial charge in [-0.15, -0.1) is 11.3 Å². The van der Waals surface area contributed by atoms with Crippen LogP contribution in [0.5, 0.6) is 0 Å². The summed E-state index contributed by atoms with van der Waals surface area (Å²) in [6, 6.07) is 6.38. The van der Waals surface area contributed by atoms with E-state index in [1.165, 1.54) is 18.5 Å². The van der Waals surface area contributed by atoms with Gasteiger partial charge in [0.2, 0.25) is 0 Å². The molecular formula is C12H13N3S. The summed E-state index contributed by atoms with van der Waals surface area (Å²) < 4.78 is 0. The summed E-state index contributed by atoms with van der Waals surface area (Å²) >= 11 is 1.68. The minimum Gasteiger partial charge on any atom is -0.309 e. The fraction of sp³-hybridized carbons (Fsp3) is 0.333. The fourth-order valence-corrected chi connectivity index (χ4v) is 2.84. The van der Waals surface area contributed by atoms with Gasteiger partial charge in [-0.2, -0.15) is 0 Å². The van der Waals surface area contributed by atoms with Gasteiger partial charge in [0.05, 0.1) is 17.4 Å². The van der Waals surface area contributed by atoms with Gasteiger partial charge in [0.25, 0.3) is 0 Å². The highest BCUT2D eigenvalue weighted by molar-refractivity contribution is 7.13. The molecule has 1 fully saturated rings. The van der Waals surface area contributed by atoms with Crippen molar-refractivity contribution in [2.45, 2.75) is 18.9 Å². The molecule has 2 aromatic rings. The first-order valence-electron chi connectivity index (χ1n) is 5.54. The summed E-state index contributed by atoms with van der Waals surface area (Å²) in [6.07, 6.45) is 4.26. The first-order chi connectivity index (χ1) is 7.93. The van der Waals surface area contributed by atoms with Crippen LogP contribution >= 0.6 is 11.3 Å². The highest BCUT2D eigenvalue weighted by Gasteiger charge is 2.19. The lowest BCUT2D eigenvalue weighted by Crippen LogP contribution is -2.12. The van der Waals surface area contributed by atoms with Crippen molar-refractivity contribution in [3.05, 3.63) is 35.5 Å². The Labute approximate surface area is 98.6 Å². The molecular weight excluding hydrogens is 218 g/mol. The van der Waals surface area contributed by atoms with Crippen molar-refractivity contribution >= 4 is 11.3 Å². The lowest BCUT2D eigenvalue weighted by atomic mass is 10.2. The van der Waals surface area contributed by atoms with Gasteiger partial charge in [-0.1, -0.05) is 6.07 Å². The number of thiazole rings is 1. The van der Waals surface area contributed by atoms with E-state index >= 15 is 0 Å². The SMILES string of the molecule is c1ccc(-c2nc(C3CCCN3)cs2)nc1. The third-order valence-electron chi connectivity index (χ3n) is 2.82. The zero-order valence-electron chi connectivity index (χ0n) is 8.89. The third-order valence-corrected chi connectivity index (χ3v) is 3.71. The maximum absolute atomic E-state index is 4.66. The molecule has 82 valence electrons. The van der Waals surface area contributed by atoms with Crippen LogP contribution in [0.4, 0.5) is 0 Å². The van der Waals surface area contributed by atoms with Crippen LogP contribution < -0.4 is 5.32 Å². The van der Waals surface area contributed by atoms with E-state index in [0.29, 0.717) is 6.04 Å². The van der Waals surface area contributed by atoms with E-state index in [4.69, 9.17) is 0 Å². The van der Waals surface area contributed by atoms with Crippen LogP contribution in [-0.4, -0.2) is 16.5 Å². The number of nitrogens with zero attached hydrogens (tertiary/aromatic N) is 2. The Morgan fingerprint density at radius 1 is 1.38 bits per heavy atom. The van der Waals surface area contributed by atoms with Crippen LogP contribution in [0.1, 0.15) is 24.6 Å². The Morgan fingerprint density at radius 2 is 2.38 bits per heavy atom. The summed E-state index contributed by atoms with van der Waals surface area (Å²) in [4.78, 5) is 8.97. The van der Waals surface area contributed by atoms with E-state index in [-0.39, 0.29) is 0 Å². The van der Waals surface area contributed by atoms with Crippen molar-refractivity contribution in [2.75, 3.05) is 6.54 Å². The molecule has 1 saturated heterocycles. The predicted octanol–water partition coefficient (Wildman–Crippen LogP) is 2.63. The smallest absolute Gasteiger partial charge is 0.142 e. The molecule has 2 aromatic heterocycles. The lowest BCUT2D eigenvalue weighted by Gasteiger charge is -2.04. The molecule has 1 aliphatic heterocycles. The monoisotopic (exact) mass is 231 g/mol. The normalized spacial score (nSPS) is 20.1. The quantitative estimate of drug-likeness (QED) is 0.863. The molecule has 1 aliphatic rings. The first-order valence-corrected chi connectivity index (χ1v) is 6.42. The van der Waals surface area contributed by atoms with Crippen molar-refractivity contribution < 1.29 is 0 Å². The van der Waals surface area contributed by atoms with E-state index in [0.717, 1.165) is 17.2 Å². The Kier molecular flexibility index (Phi) is 2.68. The van der Waals surface area contributed by atoms with Crippen LogP contribution in [0.2, 0.25) is 0 Å². The molecule has 0 aliphatic carbocycles. The van der Waals surface area contributed by atoms with Gasteiger partial charge in [-0.25, -0.2) is 4.98 Å². The van der Waals surface area contributed by atoms with E-state index < -0.39 is 0 Å². The molecule has 3 heterocycles. The lowest BCUT2D eigenvalue weighted by molar-refractivity contribution is 0.632. The summed E-state index contributed by atoms with van der Waals surface area (Å²) in [7, 11) is 0. The molecule has 0 bridgehead atoms. The predicted molar refractivity (Wildman–Crippen MR) is 65.3 cm³/mol. The first kappa shape index (κ1) is 9.93. The second-order valence-corrected chi connectivity index (χ2v) is 4.80. The minimum absolute atomic E-state index is 0.453. The van der Waals surface area contributed by atoms with Crippen molar-refractivity contribution in [3.8, 4) is 10.7 Å². The molecule has 1 unspecified atom stereocenters. The van der Waals surface area contributed by atoms with E-state index in [9.17, 15) is 0 Å². The van der Waals surface area contributed by atoms with Crippen molar-refractivity contribution in [3.63, 3.8) is 0 Å². The maximum Gasteiger partial charge on any atom is 0.142 e. The summed E-state index contributed by atoms with van der Waals surface area (Å²) in [6.45, 7) is 1.11. The van der Waals surface area contributed by atoms with Gasteiger partial charge < -0.3 is 5.32 Å². The fourth-order valence-electron chi connectivity index (χ4n) is 1.99. The average molecular weight is 231 g/mol. The molecule has 3 nitrogen and oxygen atoms in total. The molecule has 0 spiro atoms. The standard InChI is InChI=1S/C12H13N3S/c1-2-6-14-10(4-1)12-15-11(8-16-12)9-5-3-7-13-9/h1-2,4,6,8-9,13H,3,5,7H2. The molecule has 0 amide bonds. The van der Waals surface area contributed by atoms with Gasteiger partial charge in [-0.3, -0.25) is 4.98 Å². The summed E-state index contributed by atoms with van der Waals surface area (Å²) in [5.74, 6) is 0. The summed E-state index contributed by atoms with van der Waals surface area (Å²) in [5, 5.41) is 6.63. The number of nitrogens with one attached hydrogen (secondary N) is 1. The Bertz CT molecular complexity index is 460. The van der Waals surface area contributed by atoms with Gasteiger partial charge in [0.1, 0.15) is 5.01 Å². The Morgan fingerprint density at radius 3 is 3.12 bits per heavy atom. The zero-order chi connectivity index (χ0) is 10.8. The molecule has 3 rings (SSSR count). The maximum atomic E-state index is 4.66. The van der Waals surface area contributed by atoms with E-state index in [1.807, 2.05) is 24.4 Å². The van der Waals surface area contributed by atoms with Gasteiger partial charge in [0.15, 0.2) is 0 Å². The van der Waals surface area contributed by atoms with Crippen LogP contribution in [0, 0.1) is 0 Å². The number of pyridine rings is 1. The minimum atomic E-state index is 0.453.